The van der Waals surface area contributed by atoms with E-state index in [1.165, 1.54) is 6.92 Å². The third-order valence-corrected chi connectivity index (χ3v) is 10.0. The zero-order valence-corrected chi connectivity index (χ0v) is 37.9. The maximum absolute atomic E-state index is 13.8. The molecule has 0 aliphatic carbocycles. The van der Waals surface area contributed by atoms with Crippen molar-refractivity contribution in [3.05, 3.63) is 35.9 Å². The van der Waals surface area contributed by atoms with Crippen molar-refractivity contribution in [2.45, 2.75) is 129 Å². The zero-order chi connectivity index (χ0) is 49.6. The van der Waals surface area contributed by atoms with E-state index in [2.05, 4.69) is 42.5 Å². The molecule has 0 fully saturated rings. The smallest absolute Gasteiger partial charge is 0.326 e. The summed E-state index contributed by atoms with van der Waals surface area (Å²) in [5.74, 6) is -11.6. The van der Waals surface area contributed by atoms with Gasteiger partial charge in [0.15, 0.2) is 0 Å². The summed E-state index contributed by atoms with van der Waals surface area (Å²) in [6.45, 7) is 10.2. The number of hydrogen-bond acceptors (Lipinski definition) is 12. The Hall–Kier alpha value is -6.65. The van der Waals surface area contributed by atoms with E-state index in [1.54, 1.807) is 65.0 Å². The van der Waals surface area contributed by atoms with Crippen LogP contribution in [-0.4, -0.2) is 131 Å². The Labute approximate surface area is 377 Å². The molecule has 0 aliphatic heterocycles. The molecule has 0 bridgehead atoms. The van der Waals surface area contributed by atoms with E-state index in [1.807, 2.05) is 6.92 Å². The van der Waals surface area contributed by atoms with Crippen LogP contribution >= 0.6 is 0 Å². The van der Waals surface area contributed by atoms with Crippen LogP contribution in [0.25, 0.3) is 0 Å². The number of benzene rings is 1. The highest BCUT2D eigenvalue weighted by atomic mass is 16.4. The van der Waals surface area contributed by atoms with Gasteiger partial charge in [0.1, 0.15) is 36.3 Å². The number of carboxylic acids is 2. The lowest BCUT2D eigenvalue weighted by molar-refractivity contribution is -0.143. The fourth-order valence-electron chi connectivity index (χ4n) is 5.99. The molecule has 65 heavy (non-hydrogen) atoms. The van der Waals surface area contributed by atoms with Gasteiger partial charge in [-0.2, -0.15) is 0 Å². The largest absolute Gasteiger partial charge is 0.481 e. The van der Waals surface area contributed by atoms with E-state index in [9.17, 15) is 63.0 Å². The standard InChI is InChI=1S/C42H66N10O13/c1-8-23(6)34(44)41(63)46-19-31(54)48-26(14-15-30(43)53)38(60)47-24(7)36(58)49-29(18-33(56)57)40(62)50-27(16-21(2)3)39(61)51-28(17-25-12-10-9-11-13-25)37(59)45-20-32(55)52-35(22(4)5)42(64)65/h9-13,21-24,26-29,34-35H,8,14-20,44H2,1-7H3,(H2,43,53)(H,45,59)(H,46,63)(H,47,60)(H,48,54)(H,49,58)(H,50,62)(H,51,61)(H,52,55)(H,56,57)(H,64,65)/t23-,24-,26-,27-,28-,29-,34-,35-/m0/s1. The summed E-state index contributed by atoms with van der Waals surface area (Å²) in [6.07, 6.45) is -1.15. The van der Waals surface area contributed by atoms with Crippen LogP contribution < -0.4 is 54.0 Å². The van der Waals surface area contributed by atoms with Crippen molar-refractivity contribution in [1.82, 2.24) is 42.5 Å². The summed E-state index contributed by atoms with van der Waals surface area (Å²) in [4.78, 5) is 140. The van der Waals surface area contributed by atoms with E-state index in [-0.39, 0.29) is 37.5 Å². The zero-order valence-electron chi connectivity index (χ0n) is 37.9. The highest BCUT2D eigenvalue weighted by Gasteiger charge is 2.34. The topological polar surface area (TPSA) is 377 Å². The van der Waals surface area contributed by atoms with E-state index >= 15 is 0 Å². The van der Waals surface area contributed by atoms with E-state index in [0.29, 0.717) is 12.0 Å². The molecule has 0 saturated carbocycles. The van der Waals surface area contributed by atoms with Crippen molar-refractivity contribution in [1.29, 1.82) is 0 Å². The van der Waals surface area contributed by atoms with Crippen LogP contribution in [0.5, 0.6) is 0 Å². The van der Waals surface area contributed by atoms with Gasteiger partial charge in [-0.25, -0.2) is 4.79 Å². The van der Waals surface area contributed by atoms with Crippen LogP contribution in [0.4, 0.5) is 0 Å². The number of aliphatic carboxylic acids is 2. The molecular formula is C42H66N10O13. The van der Waals surface area contributed by atoms with Gasteiger partial charge >= 0.3 is 11.9 Å². The summed E-state index contributed by atoms with van der Waals surface area (Å²) in [5, 5.41) is 38.1. The van der Waals surface area contributed by atoms with Gasteiger partial charge in [0.2, 0.25) is 53.2 Å². The van der Waals surface area contributed by atoms with Gasteiger partial charge in [-0.15, -0.1) is 0 Å². The lowest BCUT2D eigenvalue weighted by Gasteiger charge is -2.27. The number of carbonyl (C=O) groups excluding carboxylic acids is 9. The SMILES string of the molecule is CC[C@H](C)[C@H](N)C(=O)NCC(=O)N[C@@H](CCC(N)=O)C(=O)N[C@@H](C)C(=O)N[C@@H](CC(=O)O)C(=O)N[C@@H](CC(C)C)C(=O)N[C@@H](Cc1ccccc1)C(=O)NCC(=O)N[C@H](C(=O)O)C(C)C. The molecule has 1 rings (SSSR count). The molecule has 0 aromatic heterocycles. The molecule has 0 radical (unpaired) electrons. The Morgan fingerprint density at radius 1 is 0.615 bits per heavy atom. The second-order valence-corrected chi connectivity index (χ2v) is 16.4. The fraction of sp³-hybridized carbons (Fsp3) is 0.595. The van der Waals surface area contributed by atoms with Crippen LogP contribution in [0.3, 0.4) is 0 Å². The second-order valence-electron chi connectivity index (χ2n) is 16.4. The number of hydrogen-bond donors (Lipinski definition) is 12. The average Bonchev–Trinajstić information content (AvgIpc) is 3.23. The normalized spacial score (nSPS) is 14.7. The van der Waals surface area contributed by atoms with Crippen molar-refractivity contribution in [3.63, 3.8) is 0 Å². The molecule has 1 aromatic rings. The van der Waals surface area contributed by atoms with Crippen molar-refractivity contribution >= 4 is 65.1 Å². The molecule has 0 unspecified atom stereocenters. The van der Waals surface area contributed by atoms with Gasteiger partial charge in [0.25, 0.3) is 0 Å². The number of nitrogens with one attached hydrogen (secondary N) is 8. The minimum Gasteiger partial charge on any atom is -0.481 e. The minimum absolute atomic E-state index is 0.0294. The third kappa shape index (κ3) is 21.5. The first-order valence-corrected chi connectivity index (χ1v) is 21.2. The lowest BCUT2D eigenvalue weighted by Crippen LogP contribution is -2.59. The predicted molar refractivity (Wildman–Crippen MR) is 233 cm³/mol. The number of amides is 9. The summed E-state index contributed by atoms with van der Waals surface area (Å²) >= 11 is 0. The number of nitrogens with two attached hydrogens (primary N) is 2. The Morgan fingerprint density at radius 2 is 1.14 bits per heavy atom. The summed E-state index contributed by atoms with van der Waals surface area (Å²) < 4.78 is 0. The molecule has 9 amide bonds. The Balaban J connectivity index is 3.20. The van der Waals surface area contributed by atoms with Gasteiger partial charge in [-0.3, -0.25) is 47.9 Å². The molecule has 23 nitrogen and oxygen atoms in total. The highest BCUT2D eigenvalue weighted by molar-refractivity contribution is 5.98. The molecule has 362 valence electrons. The van der Waals surface area contributed by atoms with Crippen LogP contribution in [0.15, 0.2) is 30.3 Å². The van der Waals surface area contributed by atoms with Crippen LogP contribution in [0.2, 0.25) is 0 Å². The van der Waals surface area contributed by atoms with Crippen molar-refractivity contribution in [2.75, 3.05) is 13.1 Å². The molecule has 0 spiro atoms. The molecule has 0 saturated heterocycles. The molecule has 0 heterocycles. The number of rotatable bonds is 29. The first kappa shape index (κ1) is 56.4. The quantitative estimate of drug-likeness (QED) is 0.0389. The summed E-state index contributed by atoms with van der Waals surface area (Å²) in [5.41, 5.74) is 11.7. The lowest BCUT2D eigenvalue weighted by atomic mass is 9.99. The molecule has 14 N–H and O–H groups in total. The van der Waals surface area contributed by atoms with Gasteiger partial charge in [0, 0.05) is 12.8 Å². The van der Waals surface area contributed by atoms with Crippen LogP contribution in [0.1, 0.15) is 86.1 Å². The predicted octanol–water partition coefficient (Wildman–Crippen LogP) is -2.71. The second kappa shape index (κ2) is 28.2. The van der Waals surface area contributed by atoms with Crippen molar-refractivity contribution in [3.8, 4) is 0 Å². The Morgan fingerprint density at radius 3 is 1.66 bits per heavy atom. The van der Waals surface area contributed by atoms with Gasteiger partial charge in [-0.05, 0) is 43.1 Å². The van der Waals surface area contributed by atoms with E-state index in [0.717, 1.165) is 0 Å². The minimum atomic E-state index is -1.81. The molecule has 23 heteroatoms. The fourth-order valence-corrected chi connectivity index (χ4v) is 5.99. The number of carbonyl (C=O) groups is 11. The Bertz CT molecular complexity index is 1850. The molecule has 1 aromatic carbocycles. The molecule has 8 atom stereocenters. The highest BCUT2D eigenvalue weighted by Crippen LogP contribution is 2.10. The Kier molecular flexibility index (Phi) is 24.5. The third-order valence-electron chi connectivity index (χ3n) is 10.0. The molecular weight excluding hydrogens is 853 g/mol. The van der Waals surface area contributed by atoms with Crippen molar-refractivity contribution < 1.29 is 63.0 Å². The number of carboxylic acid groups (broad SMARTS) is 2. The van der Waals surface area contributed by atoms with Gasteiger partial charge in [0.05, 0.1) is 25.6 Å². The maximum Gasteiger partial charge on any atom is 0.326 e. The first-order valence-electron chi connectivity index (χ1n) is 21.2. The maximum atomic E-state index is 13.8. The summed E-state index contributed by atoms with van der Waals surface area (Å²) in [7, 11) is 0. The van der Waals surface area contributed by atoms with Crippen molar-refractivity contribution in [2.24, 2.45) is 29.2 Å². The summed E-state index contributed by atoms with van der Waals surface area (Å²) in [6, 6.07) is -1.08. The van der Waals surface area contributed by atoms with Gasteiger partial charge < -0.3 is 64.2 Å². The van der Waals surface area contributed by atoms with Crippen LogP contribution in [-0.2, 0) is 59.2 Å². The van der Waals surface area contributed by atoms with Gasteiger partial charge in [-0.1, -0.05) is 78.3 Å². The molecule has 0 aliphatic rings. The monoisotopic (exact) mass is 918 g/mol. The first-order chi connectivity index (χ1) is 30.4. The van der Waals surface area contributed by atoms with Crippen LogP contribution in [0, 0.1) is 17.8 Å². The average molecular weight is 919 g/mol. The van der Waals surface area contributed by atoms with E-state index in [4.69, 9.17) is 11.5 Å². The number of primary amides is 1. The van der Waals surface area contributed by atoms with E-state index < -0.39 is 133 Å².